The maximum absolute atomic E-state index is 10.1. The molecule has 0 radical (unpaired) electrons. The van der Waals surface area contributed by atoms with E-state index >= 15 is 0 Å². The fourth-order valence-electron chi connectivity index (χ4n) is 2.68. The van der Waals surface area contributed by atoms with Crippen molar-refractivity contribution < 1.29 is 9.84 Å². The zero-order valence-electron chi connectivity index (χ0n) is 16.5. The maximum Gasteiger partial charge on any atom is 0.225 e. The normalized spacial score (nSPS) is 16.3. The highest BCUT2D eigenvalue weighted by atomic mass is 127. The average Bonchev–Trinajstić information content (AvgIpc) is 2.66. The van der Waals surface area contributed by atoms with Crippen molar-refractivity contribution in [3.8, 4) is 0 Å². The summed E-state index contributed by atoms with van der Waals surface area (Å²) in [7, 11) is 0. The van der Waals surface area contributed by atoms with Crippen molar-refractivity contribution in [3.05, 3.63) is 18.5 Å². The summed E-state index contributed by atoms with van der Waals surface area (Å²) >= 11 is 0. The van der Waals surface area contributed by atoms with Crippen molar-refractivity contribution >= 4 is 35.9 Å². The minimum Gasteiger partial charge on any atom is -0.389 e. The molecule has 1 aromatic rings. The van der Waals surface area contributed by atoms with E-state index in [1.807, 2.05) is 13.0 Å². The van der Waals surface area contributed by atoms with Crippen LogP contribution in [-0.2, 0) is 4.74 Å². The van der Waals surface area contributed by atoms with Crippen LogP contribution in [0.1, 0.15) is 20.8 Å². The van der Waals surface area contributed by atoms with Crippen molar-refractivity contribution in [3.63, 3.8) is 0 Å². The summed E-state index contributed by atoms with van der Waals surface area (Å²) in [6.07, 6.45) is 2.95. The molecule has 9 heteroatoms. The number of halogens is 1. The van der Waals surface area contributed by atoms with E-state index in [4.69, 9.17) is 4.74 Å². The van der Waals surface area contributed by atoms with Gasteiger partial charge in [-0.25, -0.2) is 9.97 Å². The third kappa shape index (κ3) is 8.56. The Morgan fingerprint density at radius 3 is 2.48 bits per heavy atom. The first kappa shape index (κ1) is 23.8. The predicted octanol–water partition coefficient (Wildman–Crippen LogP) is 1.22. The zero-order chi connectivity index (χ0) is 18.8. The van der Waals surface area contributed by atoms with Gasteiger partial charge in [0.05, 0.1) is 19.3 Å². The van der Waals surface area contributed by atoms with Gasteiger partial charge in [-0.3, -0.25) is 4.99 Å². The summed E-state index contributed by atoms with van der Waals surface area (Å²) in [5, 5.41) is 13.4. The average molecular weight is 492 g/mol. The van der Waals surface area contributed by atoms with Gasteiger partial charge in [0, 0.05) is 51.7 Å². The van der Waals surface area contributed by atoms with E-state index in [9.17, 15) is 5.11 Å². The smallest absolute Gasteiger partial charge is 0.225 e. The van der Waals surface area contributed by atoms with Crippen LogP contribution >= 0.6 is 24.0 Å². The first-order valence-corrected chi connectivity index (χ1v) is 9.41. The van der Waals surface area contributed by atoms with Crippen molar-refractivity contribution in [2.45, 2.75) is 26.9 Å². The molecule has 0 aliphatic carbocycles. The Morgan fingerprint density at radius 1 is 1.22 bits per heavy atom. The highest BCUT2D eigenvalue weighted by Crippen LogP contribution is 2.10. The third-order valence-corrected chi connectivity index (χ3v) is 3.96. The van der Waals surface area contributed by atoms with Crippen LogP contribution in [-0.4, -0.2) is 84.5 Å². The monoisotopic (exact) mass is 492 g/mol. The number of piperazine rings is 1. The summed E-state index contributed by atoms with van der Waals surface area (Å²) in [5.74, 6) is 2.07. The molecule has 1 unspecified atom stereocenters. The summed E-state index contributed by atoms with van der Waals surface area (Å²) in [6, 6.07) is 1.83. The number of hydrogen-bond donors (Lipinski definition) is 2. The molecule has 0 spiro atoms. The van der Waals surface area contributed by atoms with E-state index in [2.05, 4.69) is 43.9 Å². The molecule has 0 bridgehead atoms. The highest BCUT2D eigenvalue weighted by molar-refractivity contribution is 14.0. The van der Waals surface area contributed by atoms with Crippen LogP contribution in [0.4, 0.5) is 5.95 Å². The molecule has 154 valence electrons. The summed E-state index contributed by atoms with van der Waals surface area (Å²) in [5.41, 5.74) is 0. The number of nitrogens with one attached hydrogen (secondary N) is 1. The first-order valence-electron chi connectivity index (χ1n) is 9.41. The molecule has 2 N–H and O–H groups in total. The fraction of sp³-hybridized carbons (Fsp3) is 0.722. The quantitative estimate of drug-likeness (QED) is 0.321. The summed E-state index contributed by atoms with van der Waals surface area (Å²) in [6.45, 7) is 11.7. The molecule has 2 rings (SSSR count). The maximum atomic E-state index is 10.1. The van der Waals surface area contributed by atoms with E-state index < -0.39 is 6.10 Å². The molecule has 1 fully saturated rings. The minimum absolute atomic E-state index is 0. The molecular weight excluding hydrogens is 459 g/mol. The molecule has 0 amide bonds. The standard InChI is InChI=1S/C18H32N6O2.HI/c1-4-19-17(22-12-16(25)14-26-13-15(2)3)23-8-10-24(11-9-23)18-20-6-5-7-21-18;/h5-7,15-16,25H,4,8-14H2,1-3H3,(H,19,22);1H. The van der Waals surface area contributed by atoms with Crippen molar-refractivity contribution in [1.29, 1.82) is 0 Å². The Labute approximate surface area is 179 Å². The molecule has 0 saturated carbocycles. The SMILES string of the molecule is CCNC(=NCC(O)COCC(C)C)N1CCN(c2ncccn2)CC1.I. The van der Waals surface area contributed by atoms with E-state index in [1.165, 1.54) is 0 Å². The van der Waals surface area contributed by atoms with Gasteiger partial charge in [0.2, 0.25) is 5.95 Å². The van der Waals surface area contributed by atoms with E-state index in [0.29, 0.717) is 25.7 Å². The summed E-state index contributed by atoms with van der Waals surface area (Å²) < 4.78 is 5.48. The van der Waals surface area contributed by atoms with E-state index in [-0.39, 0.29) is 24.0 Å². The molecule has 1 aromatic heterocycles. The number of hydrogen-bond acceptors (Lipinski definition) is 6. The van der Waals surface area contributed by atoms with Crippen LogP contribution in [0.3, 0.4) is 0 Å². The molecule has 2 heterocycles. The third-order valence-electron chi connectivity index (χ3n) is 3.96. The Bertz CT molecular complexity index is 538. The van der Waals surface area contributed by atoms with Crippen LogP contribution in [0.5, 0.6) is 0 Å². The van der Waals surface area contributed by atoms with Crippen LogP contribution < -0.4 is 10.2 Å². The topological polar surface area (TPSA) is 86.1 Å². The van der Waals surface area contributed by atoms with Gasteiger partial charge in [0.15, 0.2) is 5.96 Å². The second kappa shape index (κ2) is 13.1. The molecule has 1 aliphatic heterocycles. The van der Waals surface area contributed by atoms with Crippen molar-refractivity contribution in [1.82, 2.24) is 20.2 Å². The molecule has 27 heavy (non-hydrogen) atoms. The summed E-state index contributed by atoms with van der Waals surface area (Å²) in [4.78, 5) is 17.6. The Hall–Kier alpha value is -1.20. The van der Waals surface area contributed by atoms with Gasteiger partial charge in [0.1, 0.15) is 0 Å². The van der Waals surface area contributed by atoms with Crippen molar-refractivity contribution in [2.75, 3.05) is 57.4 Å². The number of aromatic nitrogens is 2. The molecule has 0 aromatic carbocycles. The predicted molar refractivity (Wildman–Crippen MR) is 119 cm³/mol. The number of anilines is 1. The first-order chi connectivity index (χ1) is 12.6. The lowest BCUT2D eigenvalue weighted by atomic mass is 10.2. The van der Waals surface area contributed by atoms with E-state index in [0.717, 1.165) is 44.6 Å². The van der Waals surface area contributed by atoms with Gasteiger partial charge in [-0.2, -0.15) is 0 Å². The second-order valence-electron chi connectivity index (χ2n) is 6.80. The number of aliphatic hydroxyl groups excluding tert-OH is 1. The zero-order valence-corrected chi connectivity index (χ0v) is 18.9. The number of rotatable bonds is 8. The number of ether oxygens (including phenoxy) is 1. The molecule has 1 atom stereocenters. The highest BCUT2D eigenvalue weighted by Gasteiger charge is 2.21. The van der Waals surface area contributed by atoms with Gasteiger partial charge >= 0.3 is 0 Å². The number of aliphatic imine (C=N–C) groups is 1. The molecular formula is C18H33IN6O2. The lowest BCUT2D eigenvalue weighted by Crippen LogP contribution is -2.53. The van der Waals surface area contributed by atoms with Gasteiger partial charge in [-0.1, -0.05) is 13.8 Å². The van der Waals surface area contributed by atoms with Gasteiger partial charge < -0.3 is 25.0 Å². The van der Waals surface area contributed by atoms with Crippen LogP contribution in [0.25, 0.3) is 0 Å². The van der Waals surface area contributed by atoms with Crippen molar-refractivity contribution in [2.24, 2.45) is 10.9 Å². The molecule has 1 saturated heterocycles. The largest absolute Gasteiger partial charge is 0.389 e. The number of guanidine groups is 1. The van der Waals surface area contributed by atoms with Gasteiger partial charge in [-0.15, -0.1) is 24.0 Å². The number of nitrogens with zero attached hydrogens (tertiary/aromatic N) is 5. The Balaban J connectivity index is 0.00000364. The van der Waals surface area contributed by atoms with Crippen LogP contribution in [0.2, 0.25) is 0 Å². The molecule has 1 aliphatic rings. The van der Waals surface area contributed by atoms with Crippen LogP contribution in [0, 0.1) is 5.92 Å². The van der Waals surface area contributed by atoms with Gasteiger partial charge in [0.25, 0.3) is 0 Å². The Kier molecular flexibility index (Phi) is 11.5. The number of aliphatic hydroxyl groups is 1. The van der Waals surface area contributed by atoms with Gasteiger partial charge in [-0.05, 0) is 18.9 Å². The van der Waals surface area contributed by atoms with E-state index in [1.54, 1.807) is 12.4 Å². The Morgan fingerprint density at radius 2 is 1.89 bits per heavy atom. The lowest BCUT2D eigenvalue weighted by molar-refractivity contribution is 0.0300. The van der Waals surface area contributed by atoms with Crippen LogP contribution in [0.15, 0.2) is 23.5 Å². The minimum atomic E-state index is -0.582. The molecule has 8 nitrogen and oxygen atoms in total. The lowest BCUT2D eigenvalue weighted by Gasteiger charge is -2.36. The fourth-order valence-corrected chi connectivity index (χ4v) is 2.68. The second-order valence-corrected chi connectivity index (χ2v) is 6.80.